The zero-order valence-corrected chi connectivity index (χ0v) is 21.4. The number of benzene rings is 2. The molecule has 0 amide bonds. The molecule has 33 heavy (non-hydrogen) atoms. The van der Waals surface area contributed by atoms with Crippen molar-refractivity contribution in [3.05, 3.63) is 48.0 Å². The molecular weight excluding hydrogens is 464 g/mol. The lowest BCUT2D eigenvalue weighted by Crippen LogP contribution is -2.09. The second kappa shape index (κ2) is 11.0. The summed E-state index contributed by atoms with van der Waals surface area (Å²) in [6, 6.07) is 9.46. The highest BCUT2D eigenvalue weighted by Crippen LogP contribution is 2.35. The summed E-state index contributed by atoms with van der Waals surface area (Å²) in [7, 11) is -8.90. The quantitative estimate of drug-likeness (QED) is 0.355. The van der Waals surface area contributed by atoms with E-state index in [0.717, 1.165) is 30.5 Å². The third-order valence-electron chi connectivity index (χ3n) is 5.60. The molecule has 0 spiro atoms. The molecule has 0 fully saturated rings. The summed E-state index contributed by atoms with van der Waals surface area (Å²) in [5.74, 6) is 2.00. The van der Waals surface area contributed by atoms with Crippen molar-refractivity contribution in [2.24, 2.45) is 17.8 Å². The molecule has 0 bridgehead atoms. The van der Waals surface area contributed by atoms with Gasteiger partial charge in [-0.2, -0.15) is 16.8 Å². The molecule has 2 aromatic carbocycles. The summed E-state index contributed by atoms with van der Waals surface area (Å²) in [4.78, 5) is -0.691. The smallest absolute Gasteiger partial charge is 0.298 e. The van der Waals surface area contributed by atoms with Crippen LogP contribution in [0.15, 0.2) is 52.3 Å². The van der Waals surface area contributed by atoms with E-state index in [2.05, 4.69) is 34.6 Å². The molecular formula is C24H34O7S2. The maximum absolute atomic E-state index is 11.9. The van der Waals surface area contributed by atoms with E-state index >= 15 is 0 Å². The first-order valence-corrected chi connectivity index (χ1v) is 13.9. The highest BCUT2D eigenvalue weighted by Gasteiger charge is 2.21. The van der Waals surface area contributed by atoms with Gasteiger partial charge in [0.2, 0.25) is 0 Å². The van der Waals surface area contributed by atoms with Crippen molar-refractivity contribution < 1.29 is 30.7 Å². The molecule has 0 aromatic heterocycles. The van der Waals surface area contributed by atoms with Crippen LogP contribution in [0.25, 0.3) is 0 Å². The van der Waals surface area contributed by atoms with Crippen LogP contribution in [0.3, 0.4) is 0 Å². The summed E-state index contributed by atoms with van der Waals surface area (Å²) < 4.78 is 70.6. The Morgan fingerprint density at radius 1 is 0.758 bits per heavy atom. The first-order valence-electron chi connectivity index (χ1n) is 11.0. The van der Waals surface area contributed by atoms with Gasteiger partial charge in [0.15, 0.2) is 0 Å². The van der Waals surface area contributed by atoms with Gasteiger partial charge in [0, 0.05) is 0 Å². The van der Waals surface area contributed by atoms with E-state index in [-0.39, 0.29) is 27.2 Å². The van der Waals surface area contributed by atoms with Gasteiger partial charge < -0.3 is 4.74 Å². The van der Waals surface area contributed by atoms with Crippen molar-refractivity contribution >= 4 is 20.2 Å². The molecule has 2 N–H and O–H groups in total. The van der Waals surface area contributed by atoms with E-state index in [0.29, 0.717) is 17.8 Å². The van der Waals surface area contributed by atoms with E-state index in [1.54, 1.807) is 12.1 Å². The Bertz CT molecular complexity index is 1140. The maximum atomic E-state index is 11.9. The molecule has 0 heterocycles. The van der Waals surface area contributed by atoms with Crippen molar-refractivity contribution in [1.29, 1.82) is 0 Å². The minimum atomic E-state index is -4.54. The Labute approximate surface area is 197 Å². The minimum Gasteiger partial charge on any atom is -0.456 e. The van der Waals surface area contributed by atoms with Crippen LogP contribution in [0.1, 0.15) is 65.4 Å². The van der Waals surface area contributed by atoms with Gasteiger partial charge in [0.1, 0.15) is 16.4 Å². The predicted octanol–water partition coefficient (Wildman–Crippen LogP) is 6.17. The molecule has 9 heteroatoms. The fourth-order valence-electron chi connectivity index (χ4n) is 4.35. The first-order chi connectivity index (χ1) is 15.2. The van der Waals surface area contributed by atoms with Gasteiger partial charge in [-0.3, -0.25) is 9.11 Å². The molecule has 184 valence electrons. The molecule has 0 saturated heterocycles. The molecule has 3 unspecified atom stereocenters. The fraction of sp³-hybridized carbons (Fsp3) is 0.500. The third-order valence-corrected chi connectivity index (χ3v) is 7.36. The van der Waals surface area contributed by atoms with E-state index in [1.807, 2.05) is 0 Å². The molecule has 0 aliphatic carbocycles. The van der Waals surface area contributed by atoms with Crippen LogP contribution < -0.4 is 4.74 Å². The van der Waals surface area contributed by atoms with E-state index < -0.39 is 20.2 Å². The standard InChI is InChI=1S/C24H34O7S2/c1-16(2)12-17(3)13-18(4)14-19(5)20-6-11-24(33(28,29)30)23(15-20)31-21-7-9-22(10-8-21)32(25,26)27/h6-11,15-19H,12-14H2,1-5H3,(H,25,26,27)(H,28,29,30). The van der Waals surface area contributed by atoms with Crippen molar-refractivity contribution in [2.45, 2.75) is 69.6 Å². The molecule has 0 aliphatic heterocycles. The van der Waals surface area contributed by atoms with Crippen molar-refractivity contribution in [2.75, 3.05) is 0 Å². The van der Waals surface area contributed by atoms with Crippen molar-refractivity contribution in [3.63, 3.8) is 0 Å². The van der Waals surface area contributed by atoms with Gasteiger partial charge in [-0.05, 0) is 84.9 Å². The van der Waals surface area contributed by atoms with Crippen LogP contribution in [0.5, 0.6) is 11.5 Å². The van der Waals surface area contributed by atoms with Gasteiger partial charge in [-0.25, -0.2) is 0 Å². The van der Waals surface area contributed by atoms with Crippen LogP contribution in [0.4, 0.5) is 0 Å². The number of rotatable bonds is 11. The summed E-state index contributed by atoms with van der Waals surface area (Å²) in [6.45, 7) is 11.0. The summed E-state index contributed by atoms with van der Waals surface area (Å²) in [5, 5.41) is 0. The van der Waals surface area contributed by atoms with Crippen molar-refractivity contribution in [1.82, 2.24) is 0 Å². The van der Waals surface area contributed by atoms with Gasteiger partial charge in [0.05, 0.1) is 4.90 Å². The zero-order valence-electron chi connectivity index (χ0n) is 19.7. The van der Waals surface area contributed by atoms with Crippen molar-refractivity contribution in [3.8, 4) is 11.5 Å². The normalized spacial score (nSPS) is 15.3. The summed E-state index contributed by atoms with van der Waals surface area (Å²) >= 11 is 0. The third kappa shape index (κ3) is 8.41. The number of hydrogen-bond donors (Lipinski definition) is 2. The molecule has 0 radical (unpaired) electrons. The maximum Gasteiger partial charge on any atom is 0.298 e. The average Bonchev–Trinajstić information content (AvgIpc) is 2.65. The lowest BCUT2D eigenvalue weighted by Gasteiger charge is -2.22. The fourth-order valence-corrected chi connectivity index (χ4v) is 5.43. The van der Waals surface area contributed by atoms with Gasteiger partial charge >= 0.3 is 0 Å². The van der Waals surface area contributed by atoms with Crippen LogP contribution in [-0.2, 0) is 20.2 Å². The largest absolute Gasteiger partial charge is 0.456 e. The van der Waals surface area contributed by atoms with E-state index in [9.17, 15) is 21.4 Å². The van der Waals surface area contributed by atoms with E-state index in [4.69, 9.17) is 9.29 Å². The molecule has 2 aromatic rings. The Morgan fingerprint density at radius 2 is 1.33 bits per heavy atom. The molecule has 2 rings (SSSR count). The van der Waals surface area contributed by atoms with Gasteiger partial charge in [-0.1, -0.05) is 40.7 Å². The van der Waals surface area contributed by atoms with Crippen LogP contribution in [0, 0.1) is 17.8 Å². The number of hydrogen-bond acceptors (Lipinski definition) is 5. The summed E-state index contributed by atoms with van der Waals surface area (Å²) in [6.07, 6.45) is 3.20. The Balaban J connectivity index is 2.26. The Kier molecular flexibility index (Phi) is 9.09. The van der Waals surface area contributed by atoms with E-state index in [1.165, 1.54) is 24.6 Å². The first kappa shape index (κ1) is 27.3. The lowest BCUT2D eigenvalue weighted by molar-refractivity contribution is 0.333. The highest BCUT2D eigenvalue weighted by atomic mass is 32.2. The predicted molar refractivity (Wildman–Crippen MR) is 128 cm³/mol. The van der Waals surface area contributed by atoms with Crippen LogP contribution in [-0.4, -0.2) is 25.9 Å². The lowest BCUT2D eigenvalue weighted by atomic mass is 9.84. The molecule has 7 nitrogen and oxygen atoms in total. The van der Waals surface area contributed by atoms with Gasteiger partial charge in [-0.15, -0.1) is 0 Å². The highest BCUT2D eigenvalue weighted by molar-refractivity contribution is 7.86. The minimum absolute atomic E-state index is 0.0534. The molecule has 0 saturated carbocycles. The van der Waals surface area contributed by atoms with Crippen LogP contribution >= 0.6 is 0 Å². The Morgan fingerprint density at radius 3 is 1.85 bits per heavy atom. The second-order valence-corrected chi connectivity index (χ2v) is 12.3. The monoisotopic (exact) mass is 498 g/mol. The summed E-state index contributed by atoms with van der Waals surface area (Å²) in [5.41, 5.74) is 0.871. The zero-order chi connectivity index (χ0) is 25.0. The average molecular weight is 499 g/mol. The topological polar surface area (TPSA) is 118 Å². The second-order valence-electron chi connectivity index (χ2n) is 9.44. The molecule has 0 aliphatic rings. The Hall–Kier alpha value is -1.94. The molecule has 3 atom stereocenters. The number of ether oxygens (including phenoxy) is 1. The SMILES string of the molecule is CC(C)CC(C)CC(C)CC(C)c1ccc(S(=O)(=O)O)c(Oc2ccc(S(=O)(=O)O)cc2)c1. The van der Waals surface area contributed by atoms with Gasteiger partial charge in [0.25, 0.3) is 20.2 Å². The van der Waals surface area contributed by atoms with Crippen LogP contribution in [0.2, 0.25) is 0 Å².